The molecule has 4 aromatic rings. The summed E-state index contributed by atoms with van der Waals surface area (Å²) in [6.45, 7) is 21.5. The summed E-state index contributed by atoms with van der Waals surface area (Å²) in [5.74, 6) is -0.930. The molecule has 2 saturated carbocycles. The number of nitrogens with one attached hydrogen (secondary N) is 5. The molecule has 0 bridgehead atoms. The van der Waals surface area contributed by atoms with E-state index < -0.39 is 23.4 Å². The maximum Gasteiger partial charge on any atom is 0.277 e. The molecule has 2 aliphatic carbocycles. The van der Waals surface area contributed by atoms with Gasteiger partial charge in [-0.15, -0.1) is 6.58 Å². The summed E-state index contributed by atoms with van der Waals surface area (Å²) in [7, 11) is 0. The largest absolute Gasteiger partial charge is 0.352 e. The molecule has 0 heterocycles. The van der Waals surface area contributed by atoms with Gasteiger partial charge in [-0.1, -0.05) is 76.9 Å². The van der Waals surface area contributed by atoms with Crippen LogP contribution in [0.5, 0.6) is 0 Å². The minimum absolute atomic E-state index is 0.0352. The predicted octanol–water partition coefficient (Wildman–Crippen LogP) is 13.8. The molecule has 6 rings (SSSR count). The second-order valence-electron chi connectivity index (χ2n) is 16.2. The Bertz CT molecular complexity index is 2240. The number of hydroxylamine groups is 2. The van der Waals surface area contributed by atoms with Crippen LogP contribution in [0.25, 0.3) is 0 Å². The number of hydrogen-bond donors (Lipinski definition) is 6. The molecule has 2 amide bonds. The number of amides is 2. The van der Waals surface area contributed by atoms with Crippen LogP contribution >= 0.6 is 23.2 Å². The number of carbonyl (C=O) groups excluding carboxylic acids is 2. The van der Waals surface area contributed by atoms with Crippen LogP contribution in [0.15, 0.2) is 78.3 Å². The van der Waals surface area contributed by atoms with Crippen molar-refractivity contribution in [2.45, 2.75) is 106 Å². The Hall–Kier alpha value is -5.05. The molecule has 67 heavy (non-hydrogen) atoms. The van der Waals surface area contributed by atoms with E-state index >= 15 is 8.78 Å². The number of nitrogens with two attached hydrogens (primary N) is 1. The Kier molecular flexibility index (Phi) is 24.9. The van der Waals surface area contributed by atoms with Crippen LogP contribution in [0.1, 0.15) is 130 Å². The lowest BCUT2D eigenvalue weighted by atomic mass is 9.85. The molecule has 4 aromatic carbocycles. The maximum atomic E-state index is 15.8. The second-order valence-corrected chi connectivity index (χ2v) is 17.1. The van der Waals surface area contributed by atoms with E-state index in [0.29, 0.717) is 65.1 Å². The predicted molar refractivity (Wildman–Crippen MR) is 274 cm³/mol. The lowest BCUT2D eigenvalue weighted by Crippen LogP contribution is -2.26. The number of allylic oxidation sites excluding steroid dienone is 1. The van der Waals surface area contributed by atoms with Crippen LogP contribution in [0.4, 0.5) is 37.2 Å². The minimum Gasteiger partial charge on any atom is -0.352 e. The number of benzene rings is 4. The number of nitrogens with zero attached hydrogens (tertiary/aromatic N) is 1. The van der Waals surface area contributed by atoms with Crippen molar-refractivity contribution in [3.63, 3.8) is 0 Å². The van der Waals surface area contributed by atoms with Crippen molar-refractivity contribution in [3.05, 3.63) is 123 Å². The Morgan fingerprint density at radius 2 is 1.25 bits per heavy atom. The zero-order valence-electron chi connectivity index (χ0n) is 40.4. The fourth-order valence-electron chi connectivity index (χ4n) is 6.51. The molecule has 11 nitrogen and oxygen atoms in total. The average Bonchev–Trinajstić information content (AvgIpc) is 4.27. The minimum atomic E-state index is -0.605. The highest BCUT2D eigenvalue weighted by Gasteiger charge is 2.27. The fraction of sp³-hybridized carbons (Fsp3) is 0.442. The molecule has 2 fully saturated rings. The summed E-state index contributed by atoms with van der Waals surface area (Å²) in [6, 6.07) is 16.9. The highest BCUT2D eigenvalue weighted by molar-refractivity contribution is 6.31. The van der Waals surface area contributed by atoms with E-state index in [-0.39, 0.29) is 40.0 Å². The van der Waals surface area contributed by atoms with E-state index in [4.69, 9.17) is 38.6 Å². The van der Waals surface area contributed by atoms with Gasteiger partial charge in [0, 0.05) is 28.0 Å². The fourth-order valence-corrected chi connectivity index (χ4v) is 6.97. The van der Waals surface area contributed by atoms with Crippen LogP contribution in [0, 0.1) is 43.2 Å². The third-order valence-corrected chi connectivity index (χ3v) is 11.5. The van der Waals surface area contributed by atoms with Gasteiger partial charge in [0.1, 0.15) is 0 Å². The van der Waals surface area contributed by atoms with Gasteiger partial charge in [-0.05, 0) is 160 Å². The summed E-state index contributed by atoms with van der Waals surface area (Å²) in [5.41, 5.74) is 14.8. The number of unbranched alkanes of at least 4 members (excludes halogenated alkanes) is 1. The molecule has 0 spiro atoms. The van der Waals surface area contributed by atoms with Gasteiger partial charge in [0.25, 0.3) is 11.8 Å². The second kappa shape index (κ2) is 29.7. The SMILES string of the molecule is C=CCCCN=CNc1ccc(C(=O)NOCC2CC2)c(Nc2ccc(Cl)cc2C)c1F.CC.CC.Cc1cc(Cl)ccc1Nc1c(C(=O)NOCC2CC2)ccc(C(C)C(C)CCN)c1F. The Morgan fingerprint density at radius 3 is 1.72 bits per heavy atom. The lowest BCUT2D eigenvalue weighted by Gasteiger charge is -2.23. The van der Waals surface area contributed by atoms with Crippen LogP contribution in [0.3, 0.4) is 0 Å². The molecule has 0 saturated heterocycles. The number of halogens is 4. The smallest absolute Gasteiger partial charge is 0.277 e. The molecular weight excluding hydrogens is 896 g/mol. The highest BCUT2D eigenvalue weighted by atomic mass is 35.5. The van der Waals surface area contributed by atoms with E-state index in [1.54, 1.807) is 54.6 Å². The third kappa shape index (κ3) is 18.2. The first-order valence-corrected chi connectivity index (χ1v) is 24.2. The lowest BCUT2D eigenvalue weighted by molar-refractivity contribution is 0.0268. The van der Waals surface area contributed by atoms with Crippen molar-refractivity contribution in [3.8, 4) is 0 Å². The van der Waals surface area contributed by atoms with Gasteiger partial charge in [-0.2, -0.15) is 0 Å². The van der Waals surface area contributed by atoms with E-state index in [1.165, 1.54) is 12.4 Å². The van der Waals surface area contributed by atoms with Crippen molar-refractivity contribution in [1.82, 2.24) is 11.0 Å². The third-order valence-electron chi connectivity index (χ3n) is 11.0. The Balaban J connectivity index is 0.000000331. The van der Waals surface area contributed by atoms with Crippen molar-refractivity contribution in [2.24, 2.45) is 28.5 Å². The highest BCUT2D eigenvalue weighted by Crippen LogP contribution is 2.37. The van der Waals surface area contributed by atoms with Gasteiger partial charge in [0.05, 0.1) is 47.7 Å². The van der Waals surface area contributed by atoms with Gasteiger partial charge >= 0.3 is 0 Å². The molecule has 2 atom stereocenters. The monoisotopic (exact) mass is 965 g/mol. The first-order chi connectivity index (χ1) is 32.3. The normalized spacial score (nSPS) is 13.6. The summed E-state index contributed by atoms with van der Waals surface area (Å²) in [6.07, 6.45) is 10.2. The molecule has 0 radical (unpaired) electrons. The van der Waals surface area contributed by atoms with Crippen LogP contribution < -0.4 is 32.6 Å². The average molecular weight is 967 g/mol. The first kappa shape index (κ1) is 56.3. The summed E-state index contributed by atoms with van der Waals surface area (Å²) < 4.78 is 31.2. The van der Waals surface area contributed by atoms with E-state index in [0.717, 1.165) is 56.1 Å². The molecule has 366 valence electrons. The molecule has 15 heteroatoms. The number of hydrogen-bond acceptors (Lipinski definition) is 8. The van der Waals surface area contributed by atoms with Crippen LogP contribution in [-0.4, -0.2) is 44.5 Å². The zero-order valence-corrected chi connectivity index (χ0v) is 41.9. The summed E-state index contributed by atoms with van der Waals surface area (Å²) >= 11 is 12.1. The van der Waals surface area contributed by atoms with Crippen LogP contribution in [-0.2, 0) is 9.68 Å². The van der Waals surface area contributed by atoms with Gasteiger partial charge in [-0.25, -0.2) is 19.7 Å². The summed E-state index contributed by atoms with van der Waals surface area (Å²) in [5, 5.41) is 10.2. The van der Waals surface area contributed by atoms with Crippen molar-refractivity contribution in [2.75, 3.05) is 42.3 Å². The number of aliphatic imine (C=N–C) groups is 1. The van der Waals surface area contributed by atoms with E-state index in [9.17, 15) is 9.59 Å². The van der Waals surface area contributed by atoms with E-state index in [1.807, 2.05) is 54.5 Å². The molecule has 2 aliphatic rings. The number of anilines is 5. The van der Waals surface area contributed by atoms with Crippen molar-refractivity contribution < 1.29 is 28.0 Å². The number of carbonyl (C=O) groups is 2. The molecule has 2 unspecified atom stereocenters. The number of rotatable bonds is 22. The Morgan fingerprint density at radius 1 is 0.776 bits per heavy atom. The molecular formula is C52H71Cl2F2N7O4. The summed E-state index contributed by atoms with van der Waals surface area (Å²) in [4.78, 5) is 40.3. The van der Waals surface area contributed by atoms with Crippen LogP contribution in [0.2, 0.25) is 10.0 Å². The van der Waals surface area contributed by atoms with Gasteiger partial charge in [0.2, 0.25) is 0 Å². The Labute approximate surface area is 407 Å². The molecule has 7 N–H and O–H groups in total. The van der Waals surface area contributed by atoms with Crippen molar-refractivity contribution in [1.29, 1.82) is 0 Å². The quantitative estimate of drug-likeness (QED) is 0.0150. The van der Waals surface area contributed by atoms with Gasteiger partial charge in [0.15, 0.2) is 11.6 Å². The van der Waals surface area contributed by atoms with Gasteiger partial charge < -0.3 is 21.7 Å². The molecule has 0 aliphatic heterocycles. The molecule has 0 aromatic heterocycles. The maximum absolute atomic E-state index is 15.8. The van der Waals surface area contributed by atoms with Gasteiger partial charge in [-0.3, -0.25) is 24.3 Å². The first-order valence-electron chi connectivity index (χ1n) is 23.4. The van der Waals surface area contributed by atoms with E-state index in [2.05, 4.69) is 45.4 Å². The topological polar surface area (TPSA) is 151 Å². The standard InChI is InChI=1S/C24H28ClFN4O2.C24H31ClFN3O2.2C2H6/c1-3-4-5-12-27-15-28-21-11-9-19(24(31)30-32-14-17-6-7-17)23(22(21)26)29-20-10-8-18(25)13-16(20)2;1-14(10-11-27)16(3)19-7-8-20(24(30)29-31-13-17-4-5-17)23(22(19)26)28-21-9-6-18(25)12-15(21)2;2*1-2/h3,8-11,13,15,17,29H,1,4-7,12,14H2,2H3,(H,27,28)(H,30,31);6-9,12,14,16-17,28H,4-5,10-11,13,27H2,1-3H3,(H,29,30);2*1-2H3. The number of aryl methyl sites for hydroxylation is 2. The zero-order chi connectivity index (χ0) is 49.5. The van der Waals surface area contributed by atoms with Crippen molar-refractivity contribution >= 4 is 69.8 Å².